The molecular formula is C24H28N4O3. The van der Waals surface area contributed by atoms with Crippen LogP contribution < -0.4 is 16.0 Å². The van der Waals surface area contributed by atoms with Gasteiger partial charge in [-0.25, -0.2) is 4.79 Å². The van der Waals surface area contributed by atoms with Crippen molar-refractivity contribution in [3.8, 4) is 0 Å². The van der Waals surface area contributed by atoms with Crippen molar-refractivity contribution in [3.05, 3.63) is 59.2 Å². The lowest BCUT2D eigenvalue weighted by molar-refractivity contribution is -0.117. The van der Waals surface area contributed by atoms with Crippen molar-refractivity contribution in [2.24, 2.45) is 0 Å². The molecule has 1 atom stereocenters. The fourth-order valence-electron chi connectivity index (χ4n) is 4.17. The van der Waals surface area contributed by atoms with Crippen molar-refractivity contribution in [1.82, 2.24) is 10.2 Å². The third-order valence-electron chi connectivity index (χ3n) is 5.97. The molecule has 7 heteroatoms. The lowest BCUT2D eigenvalue weighted by Crippen LogP contribution is -2.45. The predicted molar refractivity (Wildman–Crippen MR) is 120 cm³/mol. The highest BCUT2D eigenvalue weighted by Crippen LogP contribution is 2.22. The maximum absolute atomic E-state index is 12.9. The van der Waals surface area contributed by atoms with Crippen LogP contribution in [0.4, 0.5) is 16.2 Å². The van der Waals surface area contributed by atoms with E-state index in [1.54, 1.807) is 12.1 Å². The van der Waals surface area contributed by atoms with Crippen LogP contribution in [0.15, 0.2) is 42.5 Å². The van der Waals surface area contributed by atoms with Gasteiger partial charge in [0, 0.05) is 30.0 Å². The first-order chi connectivity index (χ1) is 15.0. The number of amides is 4. The van der Waals surface area contributed by atoms with E-state index in [9.17, 15) is 14.4 Å². The highest BCUT2D eigenvalue weighted by Gasteiger charge is 2.25. The van der Waals surface area contributed by atoms with Crippen molar-refractivity contribution < 1.29 is 14.4 Å². The Morgan fingerprint density at radius 3 is 2.65 bits per heavy atom. The Morgan fingerprint density at radius 1 is 1.06 bits per heavy atom. The summed E-state index contributed by atoms with van der Waals surface area (Å²) in [5.41, 5.74) is 3.85. The number of nitrogens with zero attached hydrogens (tertiary/aromatic N) is 1. The van der Waals surface area contributed by atoms with E-state index in [1.165, 1.54) is 0 Å². The maximum Gasteiger partial charge on any atom is 0.319 e. The van der Waals surface area contributed by atoms with Crippen molar-refractivity contribution in [3.63, 3.8) is 0 Å². The number of rotatable bonds is 3. The van der Waals surface area contributed by atoms with Gasteiger partial charge in [-0.1, -0.05) is 24.3 Å². The number of para-hydroxylation sites is 1. The molecule has 0 spiro atoms. The summed E-state index contributed by atoms with van der Waals surface area (Å²) in [6.45, 7) is 3.44. The van der Waals surface area contributed by atoms with Gasteiger partial charge in [0.25, 0.3) is 5.91 Å². The topological polar surface area (TPSA) is 90.5 Å². The summed E-state index contributed by atoms with van der Waals surface area (Å²) in [5.74, 6) is -0.230. The number of carbonyl (C=O) groups is 3. The van der Waals surface area contributed by atoms with Crippen molar-refractivity contribution >= 4 is 29.2 Å². The minimum absolute atomic E-state index is 0.00201. The molecule has 0 radical (unpaired) electrons. The summed E-state index contributed by atoms with van der Waals surface area (Å²) in [7, 11) is 0. The molecule has 0 aliphatic carbocycles. The first-order valence-corrected chi connectivity index (χ1v) is 10.9. The lowest BCUT2D eigenvalue weighted by Gasteiger charge is -2.27. The maximum atomic E-state index is 12.9. The average molecular weight is 421 g/mol. The highest BCUT2D eigenvalue weighted by molar-refractivity contribution is 6.01. The summed E-state index contributed by atoms with van der Waals surface area (Å²) >= 11 is 0. The number of urea groups is 1. The third-order valence-corrected chi connectivity index (χ3v) is 5.97. The van der Waals surface area contributed by atoms with Crippen LogP contribution in [0.5, 0.6) is 0 Å². The molecule has 2 aromatic rings. The van der Waals surface area contributed by atoms with E-state index in [0.717, 1.165) is 49.2 Å². The normalized spacial score (nSPS) is 18.4. The first kappa shape index (κ1) is 20.9. The molecule has 0 bridgehead atoms. The monoisotopic (exact) mass is 420 g/mol. The number of piperidine rings is 1. The van der Waals surface area contributed by atoms with Gasteiger partial charge in [0.15, 0.2) is 0 Å². The van der Waals surface area contributed by atoms with Crippen LogP contribution in [0.2, 0.25) is 0 Å². The molecule has 1 fully saturated rings. The highest BCUT2D eigenvalue weighted by atomic mass is 16.2. The summed E-state index contributed by atoms with van der Waals surface area (Å²) in [4.78, 5) is 39.9. The van der Waals surface area contributed by atoms with E-state index in [0.29, 0.717) is 24.1 Å². The zero-order chi connectivity index (χ0) is 21.8. The summed E-state index contributed by atoms with van der Waals surface area (Å²) in [5, 5.41) is 8.42. The van der Waals surface area contributed by atoms with Gasteiger partial charge in [-0.15, -0.1) is 0 Å². The SMILES string of the molecule is Cc1ccc(NC(=O)NC2CCc3ccccc3NC2=O)cc1C(=O)N1CCCCC1. The molecule has 0 saturated carbocycles. The second kappa shape index (κ2) is 9.20. The number of anilines is 2. The van der Waals surface area contributed by atoms with E-state index in [4.69, 9.17) is 0 Å². The van der Waals surface area contributed by atoms with Crippen LogP contribution in [0.1, 0.15) is 47.2 Å². The molecule has 31 heavy (non-hydrogen) atoms. The Hall–Kier alpha value is -3.35. The summed E-state index contributed by atoms with van der Waals surface area (Å²) in [6, 6.07) is 11.9. The Kier molecular flexibility index (Phi) is 6.21. The van der Waals surface area contributed by atoms with Crippen LogP contribution in [0.3, 0.4) is 0 Å². The Labute approximate surface area is 182 Å². The minimum Gasteiger partial charge on any atom is -0.339 e. The number of hydrogen-bond donors (Lipinski definition) is 3. The largest absolute Gasteiger partial charge is 0.339 e. The van der Waals surface area contributed by atoms with Crippen molar-refractivity contribution in [2.45, 2.75) is 45.1 Å². The number of benzene rings is 2. The van der Waals surface area contributed by atoms with Crippen molar-refractivity contribution in [1.29, 1.82) is 0 Å². The van der Waals surface area contributed by atoms with Gasteiger partial charge in [-0.3, -0.25) is 9.59 Å². The molecule has 2 heterocycles. The molecule has 7 nitrogen and oxygen atoms in total. The van der Waals surface area contributed by atoms with Gasteiger partial charge >= 0.3 is 6.03 Å². The number of hydrogen-bond acceptors (Lipinski definition) is 3. The smallest absolute Gasteiger partial charge is 0.319 e. The number of likely N-dealkylation sites (tertiary alicyclic amines) is 1. The van der Waals surface area contributed by atoms with Gasteiger partial charge in [0.2, 0.25) is 5.91 Å². The molecule has 2 aliphatic heterocycles. The fraction of sp³-hybridized carbons (Fsp3) is 0.375. The van der Waals surface area contributed by atoms with Crippen LogP contribution in [0, 0.1) is 6.92 Å². The molecule has 1 unspecified atom stereocenters. The minimum atomic E-state index is -0.632. The van der Waals surface area contributed by atoms with Crippen LogP contribution in [-0.4, -0.2) is 41.9 Å². The molecule has 4 amide bonds. The zero-order valence-corrected chi connectivity index (χ0v) is 17.7. The van der Waals surface area contributed by atoms with Gasteiger partial charge in [0.05, 0.1) is 0 Å². The average Bonchev–Trinajstić information content (AvgIpc) is 2.94. The van der Waals surface area contributed by atoms with Gasteiger partial charge < -0.3 is 20.9 Å². The zero-order valence-electron chi connectivity index (χ0n) is 17.7. The Morgan fingerprint density at radius 2 is 1.84 bits per heavy atom. The molecule has 4 rings (SSSR count). The number of fused-ring (bicyclic) bond motifs is 1. The molecule has 162 valence electrons. The summed E-state index contributed by atoms with van der Waals surface area (Å²) in [6.07, 6.45) is 4.42. The molecule has 2 aliphatic rings. The summed E-state index contributed by atoms with van der Waals surface area (Å²) < 4.78 is 0. The van der Waals surface area contributed by atoms with Gasteiger partial charge in [-0.05, 0) is 68.4 Å². The van der Waals surface area contributed by atoms with Crippen LogP contribution in [0.25, 0.3) is 0 Å². The Balaban J connectivity index is 1.40. The number of carbonyl (C=O) groups excluding carboxylic acids is 3. The standard InChI is InChI=1S/C24H28N4O3/c1-16-9-11-18(15-19(16)23(30)28-13-5-2-6-14-28)25-24(31)27-21-12-10-17-7-3-4-8-20(17)26-22(21)29/h3-4,7-9,11,15,21H,2,5-6,10,12-14H2,1H3,(H,26,29)(H2,25,27,31). The molecular weight excluding hydrogens is 392 g/mol. The number of nitrogens with one attached hydrogen (secondary N) is 3. The van der Waals surface area contributed by atoms with Crippen molar-refractivity contribution in [2.75, 3.05) is 23.7 Å². The van der Waals surface area contributed by atoms with Crippen LogP contribution >= 0.6 is 0 Å². The quantitative estimate of drug-likeness (QED) is 0.707. The second-order valence-corrected chi connectivity index (χ2v) is 8.22. The molecule has 1 saturated heterocycles. The number of aryl methyl sites for hydroxylation is 2. The van der Waals surface area contributed by atoms with Gasteiger partial charge in [-0.2, -0.15) is 0 Å². The third kappa shape index (κ3) is 4.87. The van der Waals surface area contributed by atoms with Gasteiger partial charge in [0.1, 0.15) is 6.04 Å². The van der Waals surface area contributed by atoms with E-state index in [2.05, 4.69) is 16.0 Å². The predicted octanol–water partition coefficient (Wildman–Crippen LogP) is 3.70. The van der Waals surface area contributed by atoms with E-state index < -0.39 is 12.1 Å². The lowest BCUT2D eigenvalue weighted by atomic mass is 10.0. The second-order valence-electron chi connectivity index (χ2n) is 8.22. The van der Waals surface area contributed by atoms with E-state index >= 15 is 0 Å². The Bertz CT molecular complexity index is 998. The fourth-order valence-corrected chi connectivity index (χ4v) is 4.17. The molecule has 0 aromatic heterocycles. The van der Waals surface area contributed by atoms with E-state index in [-0.39, 0.29) is 11.8 Å². The first-order valence-electron chi connectivity index (χ1n) is 10.9. The molecule has 2 aromatic carbocycles. The van der Waals surface area contributed by atoms with Crippen LogP contribution in [-0.2, 0) is 11.2 Å². The molecule has 3 N–H and O–H groups in total. The van der Waals surface area contributed by atoms with E-state index in [1.807, 2.05) is 42.2 Å².